The number of carbonyl (C=O) groups excluding carboxylic acids is 1. The predicted octanol–water partition coefficient (Wildman–Crippen LogP) is 2.48. The fourth-order valence-electron chi connectivity index (χ4n) is 1.53. The molecule has 1 aromatic heterocycles. The molecule has 0 saturated carbocycles. The Hall–Kier alpha value is -1.79. The van der Waals surface area contributed by atoms with Crippen molar-refractivity contribution in [1.29, 1.82) is 0 Å². The fraction of sp³-hybridized carbons (Fsp3) is 0.231. The van der Waals surface area contributed by atoms with Crippen molar-refractivity contribution < 1.29 is 9.18 Å². The van der Waals surface area contributed by atoms with Crippen LogP contribution in [0.3, 0.4) is 0 Å². The van der Waals surface area contributed by atoms with Crippen LogP contribution >= 0.6 is 11.3 Å². The van der Waals surface area contributed by atoms with E-state index in [9.17, 15) is 9.18 Å². The van der Waals surface area contributed by atoms with Gasteiger partial charge in [0.25, 0.3) is 0 Å². The van der Waals surface area contributed by atoms with E-state index in [0.717, 1.165) is 5.01 Å². The summed E-state index contributed by atoms with van der Waals surface area (Å²) in [6.07, 6.45) is 0.109. The molecule has 0 bridgehead atoms. The van der Waals surface area contributed by atoms with Crippen LogP contribution in [-0.4, -0.2) is 10.9 Å². The molecule has 0 fully saturated rings. The van der Waals surface area contributed by atoms with Gasteiger partial charge in [-0.3, -0.25) is 4.79 Å². The molecule has 0 saturated heterocycles. The molecule has 0 radical (unpaired) electrons. The maximum atomic E-state index is 13.4. The first kappa shape index (κ1) is 13.6. The van der Waals surface area contributed by atoms with Crippen LogP contribution in [0.25, 0.3) is 0 Å². The van der Waals surface area contributed by atoms with E-state index in [1.165, 1.54) is 23.5 Å². The van der Waals surface area contributed by atoms with E-state index in [0.29, 0.717) is 5.69 Å². The Morgan fingerprint density at radius 1 is 1.53 bits per heavy atom. The number of nitrogens with zero attached hydrogens (tertiary/aromatic N) is 1. The van der Waals surface area contributed by atoms with Crippen molar-refractivity contribution in [2.75, 3.05) is 5.32 Å². The molecule has 4 nitrogen and oxygen atoms in total. The monoisotopic (exact) mass is 279 g/mol. The van der Waals surface area contributed by atoms with E-state index in [1.807, 2.05) is 6.92 Å². The van der Waals surface area contributed by atoms with Gasteiger partial charge in [-0.2, -0.15) is 0 Å². The number of benzene rings is 1. The molecule has 19 heavy (non-hydrogen) atoms. The molecule has 2 aromatic rings. The zero-order chi connectivity index (χ0) is 13.8. The van der Waals surface area contributed by atoms with Gasteiger partial charge < -0.3 is 11.1 Å². The lowest BCUT2D eigenvalue weighted by Gasteiger charge is -2.04. The van der Waals surface area contributed by atoms with Crippen molar-refractivity contribution in [2.24, 2.45) is 5.73 Å². The van der Waals surface area contributed by atoms with Gasteiger partial charge in [-0.15, -0.1) is 11.3 Å². The molecule has 1 atom stereocenters. The van der Waals surface area contributed by atoms with Gasteiger partial charge in [0, 0.05) is 5.38 Å². The Bertz CT molecular complexity index is 583. The highest BCUT2D eigenvalue weighted by Crippen LogP contribution is 2.17. The summed E-state index contributed by atoms with van der Waals surface area (Å²) in [6, 6.07) is 5.90. The Balaban J connectivity index is 1.99. The average molecular weight is 279 g/mol. The van der Waals surface area contributed by atoms with Crippen LogP contribution in [0.1, 0.15) is 23.7 Å². The average Bonchev–Trinajstić information content (AvgIpc) is 2.80. The molecular formula is C13H14FN3OS. The van der Waals surface area contributed by atoms with Gasteiger partial charge >= 0.3 is 0 Å². The van der Waals surface area contributed by atoms with E-state index in [-0.39, 0.29) is 24.1 Å². The van der Waals surface area contributed by atoms with E-state index in [4.69, 9.17) is 5.73 Å². The maximum Gasteiger partial charge on any atom is 0.230 e. The van der Waals surface area contributed by atoms with Crippen molar-refractivity contribution in [3.05, 3.63) is 46.2 Å². The van der Waals surface area contributed by atoms with Crippen LogP contribution in [0.15, 0.2) is 29.6 Å². The minimum atomic E-state index is -0.453. The number of nitrogens with two attached hydrogens (primary N) is 1. The second-order valence-corrected chi connectivity index (χ2v) is 5.06. The van der Waals surface area contributed by atoms with Crippen LogP contribution in [-0.2, 0) is 11.2 Å². The molecule has 0 aliphatic heterocycles. The molecule has 0 spiro atoms. The largest absolute Gasteiger partial charge is 0.323 e. The lowest BCUT2D eigenvalue weighted by atomic mass is 10.2. The van der Waals surface area contributed by atoms with Crippen LogP contribution in [0.2, 0.25) is 0 Å². The SMILES string of the molecule is CC(N)c1nc(CC(=O)Nc2ccccc2F)cs1. The van der Waals surface area contributed by atoms with Crippen molar-refractivity contribution >= 4 is 22.9 Å². The normalized spacial score (nSPS) is 12.2. The first-order valence-corrected chi connectivity index (χ1v) is 6.68. The number of carbonyl (C=O) groups is 1. The second kappa shape index (κ2) is 5.90. The van der Waals surface area contributed by atoms with E-state index < -0.39 is 5.82 Å². The third-order valence-electron chi connectivity index (χ3n) is 2.45. The standard InChI is InChI=1S/C13H14FN3OS/c1-8(15)13-16-9(7-19-13)6-12(18)17-11-5-3-2-4-10(11)14/h2-5,7-8H,6,15H2,1H3,(H,17,18). The van der Waals surface area contributed by atoms with E-state index >= 15 is 0 Å². The highest BCUT2D eigenvalue weighted by atomic mass is 32.1. The van der Waals surface area contributed by atoms with E-state index in [2.05, 4.69) is 10.3 Å². The van der Waals surface area contributed by atoms with Crippen LogP contribution in [0.4, 0.5) is 10.1 Å². The number of halogens is 1. The summed E-state index contributed by atoms with van der Waals surface area (Å²) < 4.78 is 13.4. The highest BCUT2D eigenvalue weighted by Gasteiger charge is 2.11. The number of aromatic nitrogens is 1. The van der Waals surface area contributed by atoms with Gasteiger partial charge in [-0.1, -0.05) is 12.1 Å². The van der Waals surface area contributed by atoms with Crippen LogP contribution in [0.5, 0.6) is 0 Å². The van der Waals surface area contributed by atoms with Crippen molar-refractivity contribution in [3.63, 3.8) is 0 Å². The first-order valence-electron chi connectivity index (χ1n) is 5.80. The third kappa shape index (κ3) is 3.59. The molecule has 6 heteroatoms. The zero-order valence-corrected chi connectivity index (χ0v) is 11.2. The summed E-state index contributed by atoms with van der Waals surface area (Å²) in [7, 11) is 0. The van der Waals surface area contributed by atoms with Gasteiger partial charge in [0.1, 0.15) is 10.8 Å². The Morgan fingerprint density at radius 2 is 2.26 bits per heavy atom. The smallest absolute Gasteiger partial charge is 0.230 e. The number of thiazole rings is 1. The number of rotatable bonds is 4. The fourth-order valence-corrected chi connectivity index (χ4v) is 2.31. The lowest BCUT2D eigenvalue weighted by Crippen LogP contribution is -2.15. The van der Waals surface area contributed by atoms with Gasteiger partial charge in [-0.25, -0.2) is 9.37 Å². The summed E-state index contributed by atoms with van der Waals surface area (Å²) in [4.78, 5) is 16.0. The third-order valence-corrected chi connectivity index (χ3v) is 3.54. The molecule has 0 aliphatic rings. The summed E-state index contributed by atoms with van der Waals surface area (Å²) >= 11 is 1.42. The quantitative estimate of drug-likeness (QED) is 0.903. The number of hydrogen-bond acceptors (Lipinski definition) is 4. The minimum absolute atomic E-state index is 0.109. The Morgan fingerprint density at radius 3 is 2.89 bits per heavy atom. The van der Waals surface area contributed by atoms with Crippen molar-refractivity contribution in [3.8, 4) is 0 Å². The topological polar surface area (TPSA) is 68.0 Å². The van der Waals surface area contributed by atoms with Gasteiger partial charge in [-0.05, 0) is 19.1 Å². The molecule has 1 unspecified atom stereocenters. The van der Waals surface area contributed by atoms with Crippen molar-refractivity contribution in [2.45, 2.75) is 19.4 Å². The maximum absolute atomic E-state index is 13.4. The number of hydrogen-bond donors (Lipinski definition) is 2. The number of para-hydroxylation sites is 1. The molecule has 1 heterocycles. The molecule has 2 rings (SSSR count). The summed E-state index contributed by atoms with van der Waals surface area (Å²) in [5.74, 6) is -0.753. The summed E-state index contributed by atoms with van der Waals surface area (Å²) in [6.45, 7) is 1.84. The first-order chi connectivity index (χ1) is 9.06. The van der Waals surface area contributed by atoms with Gasteiger partial charge in [0.15, 0.2) is 0 Å². The van der Waals surface area contributed by atoms with Crippen molar-refractivity contribution in [1.82, 2.24) is 4.98 Å². The molecular weight excluding hydrogens is 265 g/mol. The van der Waals surface area contributed by atoms with Gasteiger partial charge in [0.2, 0.25) is 5.91 Å². The second-order valence-electron chi connectivity index (χ2n) is 4.17. The highest BCUT2D eigenvalue weighted by molar-refractivity contribution is 7.09. The minimum Gasteiger partial charge on any atom is -0.323 e. The summed E-state index contributed by atoms with van der Waals surface area (Å²) in [5, 5.41) is 5.09. The summed E-state index contributed by atoms with van der Waals surface area (Å²) in [5.41, 5.74) is 6.52. The van der Waals surface area contributed by atoms with Gasteiger partial charge in [0.05, 0.1) is 23.8 Å². The van der Waals surface area contributed by atoms with E-state index in [1.54, 1.807) is 17.5 Å². The Labute approximate surface area is 114 Å². The van der Waals surface area contributed by atoms with Crippen LogP contribution < -0.4 is 11.1 Å². The lowest BCUT2D eigenvalue weighted by molar-refractivity contribution is -0.115. The number of amides is 1. The Kier molecular flexibility index (Phi) is 4.24. The number of nitrogens with one attached hydrogen (secondary N) is 1. The van der Waals surface area contributed by atoms with Crippen LogP contribution in [0, 0.1) is 5.82 Å². The predicted molar refractivity (Wildman–Crippen MR) is 73.5 cm³/mol. The molecule has 3 N–H and O–H groups in total. The molecule has 0 aliphatic carbocycles. The molecule has 100 valence electrons. The molecule has 1 aromatic carbocycles. The number of anilines is 1. The molecule has 1 amide bonds. The zero-order valence-electron chi connectivity index (χ0n) is 10.4.